The summed E-state index contributed by atoms with van der Waals surface area (Å²) in [5.41, 5.74) is 3.51. The molecular formula is C31H33FN6O4. The van der Waals surface area contributed by atoms with E-state index in [0.29, 0.717) is 44.3 Å². The molecular weight excluding hydrogens is 539 g/mol. The van der Waals surface area contributed by atoms with Gasteiger partial charge in [0, 0.05) is 50.4 Å². The molecule has 5 heterocycles. The molecule has 7 rings (SSSR count). The van der Waals surface area contributed by atoms with Gasteiger partial charge in [-0.05, 0) is 54.8 Å². The number of likely N-dealkylation sites (tertiary alicyclic amines) is 1. The first kappa shape index (κ1) is 26.8. The number of rotatable bonds is 6. The van der Waals surface area contributed by atoms with Gasteiger partial charge in [0.15, 0.2) is 11.6 Å². The molecule has 42 heavy (non-hydrogen) atoms. The standard InChI is InChI=1S/C31H33FN6O4/c32-23-3-4-26(24(15-23)30(40)37-9-11-41-12-10-37)42-27-16-33-20-34-29(27)38-8-6-31(19-38)5-7-36(18-31)17-21-1-2-22-14-28(39)35-25(22)13-21/h1-4,13,15-16,20H,5-12,14,17-19H2,(H,35,39). The van der Waals surface area contributed by atoms with Gasteiger partial charge < -0.3 is 24.6 Å². The minimum Gasteiger partial charge on any atom is -0.451 e. The molecule has 3 fully saturated rings. The third-order valence-corrected chi connectivity index (χ3v) is 8.81. The largest absolute Gasteiger partial charge is 0.451 e. The van der Waals surface area contributed by atoms with Crippen LogP contribution in [0.3, 0.4) is 0 Å². The van der Waals surface area contributed by atoms with Crippen molar-refractivity contribution in [2.24, 2.45) is 5.41 Å². The molecule has 1 spiro atoms. The van der Waals surface area contributed by atoms with Crippen molar-refractivity contribution in [2.45, 2.75) is 25.8 Å². The summed E-state index contributed by atoms with van der Waals surface area (Å²) in [5, 5.41) is 2.95. The zero-order valence-electron chi connectivity index (χ0n) is 23.4. The molecule has 3 aromatic rings. The van der Waals surface area contributed by atoms with Gasteiger partial charge in [-0.2, -0.15) is 0 Å². The third-order valence-electron chi connectivity index (χ3n) is 8.81. The fourth-order valence-corrected chi connectivity index (χ4v) is 6.66. The second-order valence-electron chi connectivity index (χ2n) is 11.7. The Kier molecular flexibility index (Phi) is 6.99. The molecule has 0 aliphatic carbocycles. The molecule has 0 bridgehead atoms. The first-order valence-electron chi connectivity index (χ1n) is 14.5. The molecule has 10 nitrogen and oxygen atoms in total. The monoisotopic (exact) mass is 572 g/mol. The van der Waals surface area contributed by atoms with Crippen LogP contribution in [0.25, 0.3) is 0 Å². The van der Waals surface area contributed by atoms with Crippen LogP contribution in [0.5, 0.6) is 11.5 Å². The molecule has 1 unspecified atom stereocenters. The van der Waals surface area contributed by atoms with E-state index in [2.05, 4.69) is 43.3 Å². The lowest BCUT2D eigenvalue weighted by Crippen LogP contribution is -2.40. The summed E-state index contributed by atoms with van der Waals surface area (Å²) < 4.78 is 25.9. The van der Waals surface area contributed by atoms with Gasteiger partial charge in [0.25, 0.3) is 5.91 Å². The maximum Gasteiger partial charge on any atom is 0.257 e. The zero-order chi connectivity index (χ0) is 28.7. The number of halogens is 1. The maximum atomic E-state index is 14.2. The van der Waals surface area contributed by atoms with E-state index in [1.54, 1.807) is 11.1 Å². The first-order valence-corrected chi connectivity index (χ1v) is 14.5. The molecule has 11 heteroatoms. The number of anilines is 2. The lowest BCUT2D eigenvalue weighted by molar-refractivity contribution is -0.115. The Morgan fingerprint density at radius 2 is 1.90 bits per heavy atom. The highest BCUT2D eigenvalue weighted by Gasteiger charge is 2.44. The van der Waals surface area contributed by atoms with E-state index < -0.39 is 5.82 Å². The smallest absolute Gasteiger partial charge is 0.257 e. The number of amides is 2. The normalized spacial score (nSPS) is 22.1. The summed E-state index contributed by atoms with van der Waals surface area (Å²) in [7, 11) is 0. The SMILES string of the molecule is O=C1Cc2ccc(CN3CCC4(CCN(c5ncncc5Oc5ccc(F)cc5C(=O)N5CCOCC5)C4)C3)cc2N1. The van der Waals surface area contributed by atoms with Crippen molar-refractivity contribution in [2.75, 3.05) is 62.7 Å². The summed E-state index contributed by atoms with van der Waals surface area (Å²) in [4.78, 5) is 40.2. The Balaban J connectivity index is 1.05. The van der Waals surface area contributed by atoms with Crippen molar-refractivity contribution >= 4 is 23.3 Å². The van der Waals surface area contributed by atoms with Crippen molar-refractivity contribution in [3.63, 3.8) is 0 Å². The fourth-order valence-electron chi connectivity index (χ4n) is 6.66. The first-order chi connectivity index (χ1) is 20.4. The summed E-state index contributed by atoms with van der Waals surface area (Å²) in [6.45, 7) is 6.29. The van der Waals surface area contributed by atoms with Crippen LogP contribution < -0.4 is 15.0 Å². The highest BCUT2D eigenvalue weighted by molar-refractivity contribution is 5.99. The molecule has 1 N–H and O–H groups in total. The fraction of sp³-hybridized carbons (Fsp3) is 0.419. The Labute approximate surface area is 243 Å². The predicted molar refractivity (Wildman–Crippen MR) is 153 cm³/mol. The molecule has 0 radical (unpaired) electrons. The van der Waals surface area contributed by atoms with Gasteiger partial charge in [-0.1, -0.05) is 12.1 Å². The van der Waals surface area contributed by atoms with E-state index in [1.807, 2.05) is 0 Å². The molecule has 4 aliphatic heterocycles. The number of nitrogens with zero attached hydrogens (tertiary/aromatic N) is 5. The lowest BCUT2D eigenvalue weighted by atomic mass is 9.86. The number of nitrogens with one attached hydrogen (secondary N) is 1. The minimum atomic E-state index is -0.500. The van der Waals surface area contributed by atoms with E-state index in [1.165, 1.54) is 30.1 Å². The van der Waals surface area contributed by atoms with Crippen LogP contribution >= 0.6 is 0 Å². The topological polar surface area (TPSA) is 100 Å². The number of carbonyl (C=O) groups is 2. The molecule has 2 aromatic carbocycles. The van der Waals surface area contributed by atoms with Crippen LogP contribution in [-0.4, -0.2) is 84.1 Å². The van der Waals surface area contributed by atoms with E-state index in [4.69, 9.17) is 9.47 Å². The maximum absolute atomic E-state index is 14.2. The number of benzene rings is 2. The van der Waals surface area contributed by atoms with Gasteiger partial charge in [0.1, 0.15) is 17.9 Å². The number of morpholine rings is 1. The van der Waals surface area contributed by atoms with E-state index in [-0.39, 0.29) is 28.5 Å². The Morgan fingerprint density at radius 3 is 2.79 bits per heavy atom. The average molecular weight is 573 g/mol. The minimum absolute atomic E-state index is 0.0562. The molecule has 0 saturated carbocycles. The van der Waals surface area contributed by atoms with Crippen LogP contribution in [-0.2, 0) is 22.5 Å². The van der Waals surface area contributed by atoms with Crippen LogP contribution in [0, 0.1) is 11.2 Å². The number of hydrogen-bond acceptors (Lipinski definition) is 8. The van der Waals surface area contributed by atoms with Gasteiger partial charge >= 0.3 is 0 Å². The van der Waals surface area contributed by atoms with Gasteiger partial charge in [-0.3, -0.25) is 14.5 Å². The van der Waals surface area contributed by atoms with E-state index in [9.17, 15) is 14.0 Å². The van der Waals surface area contributed by atoms with Crippen molar-refractivity contribution < 1.29 is 23.5 Å². The lowest BCUT2D eigenvalue weighted by Gasteiger charge is -2.28. The Hall–Kier alpha value is -4.09. The number of hydrogen-bond donors (Lipinski definition) is 1. The van der Waals surface area contributed by atoms with Gasteiger partial charge in [0.2, 0.25) is 5.91 Å². The number of aromatic nitrogens is 2. The van der Waals surface area contributed by atoms with E-state index in [0.717, 1.165) is 56.8 Å². The van der Waals surface area contributed by atoms with Crippen LogP contribution in [0.15, 0.2) is 48.9 Å². The Bertz CT molecular complexity index is 1530. The number of carbonyl (C=O) groups excluding carboxylic acids is 2. The summed E-state index contributed by atoms with van der Waals surface area (Å²) in [5.74, 6) is 0.649. The van der Waals surface area contributed by atoms with E-state index >= 15 is 0 Å². The second-order valence-corrected chi connectivity index (χ2v) is 11.7. The van der Waals surface area contributed by atoms with Crippen molar-refractivity contribution in [3.05, 3.63) is 71.4 Å². The predicted octanol–water partition coefficient (Wildman–Crippen LogP) is 3.48. The number of ether oxygens (including phenoxy) is 2. The van der Waals surface area contributed by atoms with Gasteiger partial charge in [-0.25, -0.2) is 14.4 Å². The second kappa shape index (κ2) is 11.0. The van der Waals surface area contributed by atoms with Gasteiger partial charge in [0.05, 0.1) is 31.4 Å². The molecule has 1 atom stereocenters. The summed E-state index contributed by atoms with van der Waals surface area (Å²) in [6.07, 6.45) is 5.69. The Morgan fingerprint density at radius 1 is 1.05 bits per heavy atom. The average Bonchev–Trinajstić information content (AvgIpc) is 3.71. The van der Waals surface area contributed by atoms with Crippen LogP contribution in [0.2, 0.25) is 0 Å². The van der Waals surface area contributed by atoms with Crippen molar-refractivity contribution in [1.82, 2.24) is 19.8 Å². The summed E-state index contributed by atoms with van der Waals surface area (Å²) >= 11 is 0. The molecule has 2 amide bonds. The highest BCUT2D eigenvalue weighted by atomic mass is 19.1. The third kappa shape index (κ3) is 5.30. The van der Waals surface area contributed by atoms with Gasteiger partial charge in [-0.15, -0.1) is 0 Å². The molecule has 218 valence electrons. The molecule has 4 aliphatic rings. The van der Waals surface area contributed by atoms with Crippen LogP contribution in [0.4, 0.5) is 15.9 Å². The highest BCUT2D eigenvalue weighted by Crippen LogP contribution is 2.43. The zero-order valence-corrected chi connectivity index (χ0v) is 23.4. The number of fused-ring (bicyclic) bond motifs is 1. The quantitative estimate of drug-likeness (QED) is 0.480. The molecule has 1 aromatic heterocycles. The van der Waals surface area contributed by atoms with Crippen LogP contribution in [0.1, 0.15) is 34.3 Å². The molecule has 3 saturated heterocycles. The van der Waals surface area contributed by atoms with Crippen molar-refractivity contribution in [1.29, 1.82) is 0 Å². The van der Waals surface area contributed by atoms with Crippen molar-refractivity contribution in [3.8, 4) is 11.5 Å². The summed E-state index contributed by atoms with van der Waals surface area (Å²) in [6, 6.07) is 10.3.